The van der Waals surface area contributed by atoms with Gasteiger partial charge in [-0.1, -0.05) is 29.8 Å². The van der Waals surface area contributed by atoms with Gasteiger partial charge in [0.15, 0.2) is 11.5 Å². The number of methoxy groups -OCH3 is 2. The van der Waals surface area contributed by atoms with Gasteiger partial charge in [-0.05, 0) is 48.4 Å². The molecule has 0 fully saturated rings. The van der Waals surface area contributed by atoms with E-state index in [1.807, 2.05) is 42.5 Å². The summed E-state index contributed by atoms with van der Waals surface area (Å²) in [6.45, 7) is 0.568. The Morgan fingerprint density at radius 2 is 1.67 bits per heavy atom. The lowest BCUT2D eigenvalue weighted by atomic mass is 9.92. The SMILES string of the molecule is COc1ccc(C(CN)Cc2ccc(Cl)cc2)cc1OC. The molecule has 0 aliphatic rings. The molecule has 0 saturated heterocycles. The van der Waals surface area contributed by atoms with Crippen LogP contribution in [0.1, 0.15) is 17.0 Å². The van der Waals surface area contributed by atoms with Crippen LogP contribution in [0.2, 0.25) is 5.02 Å². The number of hydrogen-bond donors (Lipinski definition) is 1. The Hall–Kier alpha value is -1.71. The van der Waals surface area contributed by atoms with Crippen LogP contribution < -0.4 is 15.2 Å². The molecule has 0 radical (unpaired) electrons. The largest absolute Gasteiger partial charge is 0.493 e. The van der Waals surface area contributed by atoms with E-state index in [1.165, 1.54) is 5.56 Å². The van der Waals surface area contributed by atoms with Gasteiger partial charge in [0.2, 0.25) is 0 Å². The van der Waals surface area contributed by atoms with E-state index in [1.54, 1.807) is 14.2 Å². The Morgan fingerprint density at radius 3 is 2.24 bits per heavy atom. The Labute approximate surface area is 130 Å². The molecule has 0 amide bonds. The molecule has 2 N–H and O–H groups in total. The van der Waals surface area contributed by atoms with Gasteiger partial charge >= 0.3 is 0 Å². The molecule has 112 valence electrons. The molecule has 0 bridgehead atoms. The summed E-state index contributed by atoms with van der Waals surface area (Å²) in [4.78, 5) is 0. The zero-order valence-corrected chi connectivity index (χ0v) is 13.1. The van der Waals surface area contributed by atoms with Crippen molar-refractivity contribution in [3.05, 3.63) is 58.6 Å². The first-order chi connectivity index (χ1) is 10.2. The van der Waals surface area contributed by atoms with Crippen molar-refractivity contribution in [1.29, 1.82) is 0 Å². The van der Waals surface area contributed by atoms with Gasteiger partial charge in [0.1, 0.15) is 0 Å². The van der Waals surface area contributed by atoms with Crippen molar-refractivity contribution in [1.82, 2.24) is 0 Å². The first kappa shape index (κ1) is 15.7. The second kappa shape index (κ2) is 7.34. The highest BCUT2D eigenvalue weighted by Crippen LogP contribution is 2.31. The molecule has 2 aromatic carbocycles. The van der Waals surface area contributed by atoms with Crippen LogP contribution in [-0.2, 0) is 6.42 Å². The van der Waals surface area contributed by atoms with Crippen LogP contribution in [-0.4, -0.2) is 20.8 Å². The van der Waals surface area contributed by atoms with Gasteiger partial charge in [0.05, 0.1) is 14.2 Å². The third kappa shape index (κ3) is 3.90. The van der Waals surface area contributed by atoms with E-state index >= 15 is 0 Å². The number of nitrogens with two attached hydrogens (primary N) is 1. The van der Waals surface area contributed by atoms with E-state index < -0.39 is 0 Å². The first-order valence-corrected chi connectivity index (χ1v) is 7.22. The van der Waals surface area contributed by atoms with Crippen LogP contribution >= 0.6 is 11.6 Å². The summed E-state index contributed by atoms with van der Waals surface area (Å²) in [7, 11) is 3.27. The predicted molar refractivity (Wildman–Crippen MR) is 86.5 cm³/mol. The smallest absolute Gasteiger partial charge is 0.160 e. The van der Waals surface area contributed by atoms with Gasteiger partial charge in [-0.3, -0.25) is 0 Å². The molecule has 1 unspecified atom stereocenters. The molecule has 1 atom stereocenters. The Balaban J connectivity index is 2.22. The van der Waals surface area contributed by atoms with E-state index in [-0.39, 0.29) is 5.92 Å². The topological polar surface area (TPSA) is 44.5 Å². The maximum absolute atomic E-state index is 5.95. The molecule has 0 spiro atoms. The number of halogens is 1. The summed E-state index contributed by atoms with van der Waals surface area (Å²) >= 11 is 5.92. The minimum absolute atomic E-state index is 0.228. The number of rotatable bonds is 6. The average Bonchev–Trinajstić information content (AvgIpc) is 2.53. The molecule has 3 nitrogen and oxygen atoms in total. The Morgan fingerprint density at radius 1 is 1.00 bits per heavy atom. The second-order valence-electron chi connectivity index (χ2n) is 4.88. The third-order valence-electron chi connectivity index (χ3n) is 3.56. The lowest BCUT2D eigenvalue weighted by molar-refractivity contribution is 0.354. The molecule has 0 aliphatic heterocycles. The molecule has 21 heavy (non-hydrogen) atoms. The van der Waals surface area contributed by atoms with Gasteiger partial charge in [0.25, 0.3) is 0 Å². The molecule has 4 heteroatoms. The second-order valence-corrected chi connectivity index (χ2v) is 5.31. The van der Waals surface area contributed by atoms with E-state index in [4.69, 9.17) is 26.8 Å². The van der Waals surface area contributed by atoms with Crippen LogP contribution in [0.3, 0.4) is 0 Å². The number of benzene rings is 2. The highest BCUT2D eigenvalue weighted by atomic mass is 35.5. The van der Waals surface area contributed by atoms with Crippen molar-refractivity contribution in [3.63, 3.8) is 0 Å². The minimum Gasteiger partial charge on any atom is -0.493 e. The maximum Gasteiger partial charge on any atom is 0.160 e. The fourth-order valence-electron chi connectivity index (χ4n) is 2.35. The summed E-state index contributed by atoms with van der Waals surface area (Å²) in [5, 5.41) is 0.745. The molecule has 2 rings (SSSR count). The van der Waals surface area contributed by atoms with Crippen molar-refractivity contribution >= 4 is 11.6 Å². The quantitative estimate of drug-likeness (QED) is 0.886. The molecule has 0 saturated carbocycles. The van der Waals surface area contributed by atoms with E-state index in [0.29, 0.717) is 6.54 Å². The molecule has 0 aliphatic carbocycles. The van der Waals surface area contributed by atoms with E-state index in [9.17, 15) is 0 Å². The highest BCUT2D eigenvalue weighted by molar-refractivity contribution is 6.30. The van der Waals surface area contributed by atoms with Gasteiger partial charge in [-0.2, -0.15) is 0 Å². The predicted octanol–water partition coefficient (Wildman–Crippen LogP) is 3.64. The van der Waals surface area contributed by atoms with Gasteiger partial charge in [0, 0.05) is 10.9 Å². The number of hydrogen-bond acceptors (Lipinski definition) is 3. The highest BCUT2D eigenvalue weighted by Gasteiger charge is 2.14. The standard InChI is InChI=1S/C17H20ClNO2/c1-20-16-8-5-13(10-17(16)21-2)14(11-19)9-12-3-6-15(18)7-4-12/h3-8,10,14H,9,11,19H2,1-2H3. The van der Waals surface area contributed by atoms with E-state index in [2.05, 4.69) is 0 Å². The normalized spacial score (nSPS) is 12.0. The summed E-state index contributed by atoms with van der Waals surface area (Å²) < 4.78 is 10.6. The van der Waals surface area contributed by atoms with Crippen LogP contribution in [0.5, 0.6) is 11.5 Å². The zero-order chi connectivity index (χ0) is 15.2. The molecule has 2 aromatic rings. The monoisotopic (exact) mass is 305 g/mol. The van der Waals surface area contributed by atoms with Gasteiger partial charge in [-0.15, -0.1) is 0 Å². The van der Waals surface area contributed by atoms with Crippen LogP contribution in [0, 0.1) is 0 Å². The molecular formula is C17H20ClNO2. The van der Waals surface area contributed by atoms with Crippen molar-refractivity contribution in [3.8, 4) is 11.5 Å². The first-order valence-electron chi connectivity index (χ1n) is 6.84. The zero-order valence-electron chi connectivity index (χ0n) is 12.3. The molecule has 0 heterocycles. The van der Waals surface area contributed by atoms with Crippen LogP contribution in [0.4, 0.5) is 0 Å². The fraction of sp³-hybridized carbons (Fsp3) is 0.294. The Bertz CT molecular complexity index is 584. The van der Waals surface area contributed by atoms with Crippen LogP contribution in [0.25, 0.3) is 0 Å². The molecular weight excluding hydrogens is 286 g/mol. The van der Waals surface area contributed by atoms with Crippen LogP contribution in [0.15, 0.2) is 42.5 Å². The summed E-state index contributed by atoms with van der Waals surface area (Å²) in [5.41, 5.74) is 8.30. The molecule has 0 aromatic heterocycles. The summed E-state index contributed by atoms with van der Waals surface area (Å²) in [5.74, 6) is 1.68. The van der Waals surface area contributed by atoms with Crippen molar-refractivity contribution in [2.24, 2.45) is 5.73 Å². The number of ether oxygens (including phenoxy) is 2. The lowest BCUT2D eigenvalue weighted by Gasteiger charge is -2.17. The fourth-order valence-corrected chi connectivity index (χ4v) is 2.48. The third-order valence-corrected chi connectivity index (χ3v) is 3.81. The summed E-state index contributed by atoms with van der Waals surface area (Å²) in [6.07, 6.45) is 0.864. The Kier molecular flexibility index (Phi) is 5.48. The van der Waals surface area contributed by atoms with Crippen molar-refractivity contribution < 1.29 is 9.47 Å². The van der Waals surface area contributed by atoms with Crippen molar-refractivity contribution in [2.75, 3.05) is 20.8 Å². The van der Waals surface area contributed by atoms with Crippen molar-refractivity contribution in [2.45, 2.75) is 12.3 Å². The van der Waals surface area contributed by atoms with Gasteiger partial charge < -0.3 is 15.2 Å². The summed E-state index contributed by atoms with van der Waals surface area (Å²) in [6, 6.07) is 13.8. The van der Waals surface area contributed by atoms with E-state index in [0.717, 1.165) is 28.5 Å². The lowest BCUT2D eigenvalue weighted by Crippen LogP contribution is -2.15. The average molecular weight is 306 g/mol. The minimum atomic E-state index is 0.228. The maximum atomic E-state index is 5.95. The van der Waals surface area contributed by atoms with Gasteiger partial charge in [-0.25, -0.2) is 0 Å².